The van der Waals surface area contributed by atoms with E-state index in [1.54, 1.807) is 38.1 Å². The van der Waals surface area contributed by atoms with Crippen LogP contribution in [0.3, 0.4) is 0 Å². The number of hydrogen-bond acceptors (Lipinski definition) is 8. The van der Waals surface area contributed by atoms with Gasteiger partial charge in [-0.1, -0.05) is 137 Å². The molecule has 0 aliphatic carbocycles. The molecule has 6 nitrogen and oxygen atoms in total. The first-order chi connectivity index (χ1) is 25.2. The van der Waals surface area contributed by atoms with Crippen LogP contribution in [0.2, 0.25) is 0 Å². The van der Waals surface area contributed by atoms with Gasteiger partial charge in [0.15, 0.2) is 21.8 Å². The van der Waals surface area contributed by atoms with E-state index in [1.165, 1.54) is 36.4 Å². The number of aliphatic hydroxyl groups is 2. The average Bonchev–Trinajstić information content (AvgIpc) is 3.16. The lowest BCUT2D eigenvalue weighted by molar-refractivity contribution is -0.109. The third-order valence-corrected chi connectivity index (χ3v) is 10.0. The number of ketones is 2. The van der Waals surface area contributed by atoms with E-state index in [1.807, 2.05) is 48.5 Å². The number of aryl methyl sites for hydroxylation is 2. The zero-order chi connectivity index (χ0) is 38.4. The fourth-order valence-corrected chi connectivity index (χ4v) is 6.64. The fourth-order valence-electron chi connectivity index (χ4n) is 5.36. The van der Waals surface area contributed by atoms with E-state index in [-0.39, 0.29) is 21.8 Å². The lowest BCUT2D eigenvalue weighted by Gasteiger charge is -2.16. The first-order valence-electron chi connectivity index (χ1n) is 19.0. The molecule has 0 amide bonds. The number of carbonyl (C=O) groups is 4. The number of rotatable bonds is 22. The van der Waals surface area contributed by atoms with Crippen molar-refractivity contribution in [2.24, 2.45) is 0 Å². The minimum absolute atomic E-state index is 0.145. The summed E-state index contributed by atoms with van der Waals surface area (Å²) in [4.78, 5) is 49.9. The Kier molecular flexibility index (Phi) is 27.5. The molecule has 0 unspecified atom stereocenters. The Labute approximate surface area is 322 Å². The lowest BCUT2D eigenvalue weighted by Crippen LogP contribution is -2.14. The predicted molar refractivity (Wildman–Crippen MR) is 221 cm³/mol. The Bertz CT molecular complexity index is 1310. The van der Waals surface area contributed by atoms with Gasteiger partial charge in [0, 0.05) is 60.8 Å². The zero-order valence-corrected chi connectivity index (χ0v) is 33.6. The monoisotopic (exact) mass is 750 g/mol. The van der Waals surface area contributed by atoms with Crippen molar-refractivity contribution < 1.29 is 29.4 Å². The Balaban J connectivity index is 0.000000967. The summed E-state index contributed by atoms with van der Waals surface area (Å²) in [5.41, 5.74) is 4.25. The maximum atomic E-state index is 13.7. The molecule has 286 valence electrons. The van der Waals surface area contributed by atoms with Crippen LogP contribution in [0.15, 0.2) is 72.8 Å². The highest BCUT2D eigenvalue weighted by Crippen LogP contribution is 2.26. The number of aliphatic hydroxyl groups excluding tert-OH is 2. The Morgan fingerprint density at radius 1 is 0.500 bits per heavy atom. The quantitative estimate of drug-likeness (QED) is 0.0772. The van der Waals surface area contributed by atoms with Crippen molar-refractivity contribution in [3.63, 3.8) is 0 Å². The van der Waals surface area contributed by atoms with Gasteiger partial charge in [-0.25, -0.2) is 0 Å². The molecule has 0 aliphatic heterocycles. The van der Waals surface area contributed by atoms with E-state index in [9.17, 15) is 19.2 Å². The first kappa shape index (κ1) is 47.0. The van der Waals surface area contributed by atoms with Crippen LogP contribution in [-0.2, 0) is 22.4 Å². The first-order valence-corrected chi connectivity index (χ1v) is 21.0. The summed E-state index contributed by atoms with van der Waals surface area (Å²) in [6.45, 7) is 8.14. The highest BCUT2D eigenvalue weighted by Gasteiger charge is 2.22. The Morgan fingerprint density at radius 2 is 0.865 bits per heavy atom. The molecule has 3 aromatic rings. The van der Waals surface area contributed by atoms with E-state index < -0.39 is 0 Å². The SMILES string of the molecule is CC(=O)SCCCCCc1cc(C(=O)c2ccccc2)c(C(=O)c2ccccc2)cc1CCCCCSC(C)=O.CCCCCO.CCCCCO. The van der Waals surface area contributed by atoms with Gasteiger partial charge in [0.25, 0.3) is 0 Å². The average molecular weight is 751 g/mol. The highest BCUT2D eigenvalue weighted by atomic mass is 32.2. The van der Waals surface area contributed by atoms with Gasteiger partial charge in [0.2, 0.25) is 0 Å². The molecule has 0 aliphatic rings. The highest BCUT2D eigenvalue weighted by molar-refractivity contribution is 8.13. The summed E-state index contributed by atoms with van der Waals surface area (Å²) < 4.78 is 0. The van der Waals surface area contributed by atoms with Crippen molar-refractivity contribution in [3.8, 4) is 0 Å². The molecule has 3 aromatic carbocycles. The van der Waals surface area contributed by atoms with Gasteiger partial charge in [0.1, 0.15) is 0 Å². The minimum atomic E-state index is -0.146. The molecule has 8 heteroatoms. The molecule has 0 saturated carbocycles. The number of carbonyl (C=O) groups excluding carboxylic acids is 4. The van der Waals surface area contributed by atoms with Crippen LogP contribution in [0.5, 0.6) is 0 Å². The van der Waals surface area contributed by atoms with Crippen molar-refractivity contribution in [3.05, 3.63) is 106 Å². The van der Waals surface area contributed by atoms with E-state index >= 15 is 0 Å². The normalized spacial score (nSPS) is 10.4. The number of hydrogen-bond donors (Lipinski definition) is 2. The molecule has 0 spiro atoms. The summed E-state index contributed by atoms with van der Waals surface area (Å²) in [5.74, 6) is 1.35. The molecular weight excluding hydrogens is 689 g/mol. The fraction of sp³-hybridized carbons (Fsp3) is 0.500. The summed E-state index contributed by atoms with van der Waals surface area (Å²) >= 11 is 2.73. The van der Waals surface area contributed by atoms with Crippen molar-refractivity contribution in [1.82, 2.24) is 0 Å². The molecule has 3 rings (SSSR count). The largest absolute Gasteiger partial charge is 0.396 e. The maximum absolute atomic E-state index is 13.7. The van der Waals surface area contributed by atoms with Gasteiger partial charge >= 0.3 is 0 Å². The molecule has 0 heterocycles. The molecular formula is C44H62O6S2. The van der Waals surface area contributed by atoms with Crippen molar-refractivity contribution >= 4 is 45.3 Å². The van der Waals surface area contributed by atoms with Gasteiger partial charge in [-0.15, -0.1) is 0 Å². The number of unbranched alkanes of at least 4 members (excludes halogenated alkanes) is 8. The molecule has 0 fully saturated rings. The molecule has 2 N–H and O–H groups in total. The van der Waals surface area contributed by atoms with E-state index in [4.69, 9.17) is 10.2 Å². The van der Waals surface area contributed by atoms with Crippen LogP contribution in [0.25, 0.3) is 0 Å². The second-order valence-corrected chi connectivity index (χ2v) is 15.3. The minimum Gasteiger partial charge on any atom is -0.396 e. The summed E-state index contributed by atoms with van der Waals surface area (Å²) in [6, 6.07) is 22.2. The van der Waals surface area contributed by atoms with Crippen LogP contribution in [-0.4, -0.2) is 56.7 Å². The maximum Gasteiger partial charge on any atom is 0.193 e. The molecule has 52 heavy (non-hydrogen) atoms. The van der Waals surface area contributed by atoms with Gasteiger partial charge in [-0.2, -0.15) is 0 Å². The van der Waals surface area contributed by atoms with Gasteiger partial charge in [0.05, 0.1) is 0 Å². The van der Waals surface area contributed by atoms with Gasteiger partial charge < -0.3 is 10.2 Å². The lowest BCUT2D eigenvalue weighted by atomic mass is 9.86. The summed E-state index contributed by atoms with van der Waals surface area (Å²) in [7, 11) is 0. The third-order valence-electron chi connectivity index (χ3n) is 8.22. The van der Waals surface area contributed by atoms with E-state index in [0.29, 0.717) is 35.5 Å². The number of benzene rings is 3. The molecule has 0 saturated heterocycles. The smallest absolute Gasteiger partial charge is 0.193 e. The zero-order valence-electron chi connectivity index (χ0n) is 32.0. The molecule has 0 atom stereocenters. The Morgan fingerprint density at radius 3 is 1.15 bits per heavy atom. The van der Waals surface area contributed by atoms with Crippen LogP contribution in [0, 0.1) is 0 Å². The number of thioether (sulfide) groups is 2. The summed E-state index contributed by atoms with van der Waals surface area (Å²) in [6.07, 6.45) is 14.1. The van der Waals surface area contributed by atoms with Gasteiger partial charge in [-0.3, -0.25) is 19.2 Å². The second kappa shape index (κ2) is 30.4. The third kappa shape index (κ3) is 20.9. The van der Waals surface area contributed by atoms with Crippen LogP contribution in [0.4, 0.5) is 0 Å². The van der Waals surface area contributed by atoms with Crippen LogP contribution >= 0.6 is 23.5 Å². The van der Waals surface area contributed by atoms with Crippen molar-refractivity contribution in [2.75, 3.05) is 24.7 Å². The standard InChI is InChI=1S/C34H38O4S2.2C5H12O/c1-25(35)39-21-13-5-11-19-29-23-31(33(37)27-15-7-3-8-16-27)32(34(38)28-17-9-4-10-18-28)24-30(29)20-12-6-14-22-40-26(2)36;2*1-2-3-4-5-6/h3-4,7-10,15-18,23-24H,5-6,11-14,19-22H2,1-2H3;2*6H,2-5H2,1H3. The predicted octanol–water partition coefficient (Wildman–Crippen LogP) is 10.5. The van der Waals surface area contributed by atoms with Gasteiger partial charge in [-0.05, 0) is 74.6 Å². The molecule has 0 radical (unpaired) electrons. The van der Waals surface area contributed by atoms with Crippen molar-refractivity contribution in [1.29, 1.82) is 0 Å². The van der Waals surface area contributed by atoms with E-state index in [0.717, 1.165) is 99.7 Å². The topological polar surface area (TPSA) is 109 Å². The summed E-state index contributed by atoms with van der Waals surface area (Å²) in [5, 5.41) is 16.7. The van der Waals surface area contributed by atoms with Crippen LogP contribution in [0.1, 0.15) is 148 Å². The van der Waals surface area contributed by atoms with Crippen molar-refractivity contribution in [2.45, 2.75) is 118 Å². The van der Waals surface area contributed by atoms with E-state index in [2.05, 4.69) is 13.8 Å². The Hall–Kier alpha value is -3.04. The second-order valence-electron chi connectivity index (χ2n) is 12.7. The molecule has 0 bridgehead atoms. The van der Waals surface area contributed by atoms with Crippen LogP contribution < -0.4 is 0 Å². The molecule has 0 aromatic heterocycles.